The minimum atomic E-state index is -0.890. The summed E-state index contributed by atoms with van der Waals surface area (Å²) < 4.78 is 5.35. The molecule has 4 rings (SSSR count). The third-order valence-corrected chi connectivity index (χ3v) is 5.77. The second-order valence-electron chi connectivity index (χ2n) is 7.54. The number of ether oxygens (including phenoxy) is 1. The van der Waals surface area contributed by atoms with Crippen LogP contribution in [0.5, 0.6) is 5.75 Å². The largest absolute Gasteiger partial charge is 0.507 e. The predicted molar refractivity (Wildman–Crippen MR) is 123 cm³/mol. The van der Waals surface area contributed by atoms with Gasteiger partial charge in [-0.1, -0.05) is 17.7 Å². The van der Waals surface area contributed by atoms with E-state index in [1.165, 1.54) is 4.90 Å². The Morgan fingerprint density at radius 1 is 1.06 bits per heavy atom. The number of benzene rings is 2. The van der Waals surface area contributed by atoms with Crippen molar-refractivity contribution in [1.29, 1.82) is 0 Å². The molecule has 1 aromatic heterocycles. The molecule has 1 unspecified atom stereocenters. The number of aliphatic hydroxyl groups is 1. The normalized spacial score (nSPS) is 17.6. The van der Waals surface area contributed by atoms with Crippen molar-refractivity contribution >= 4 is 34.7 Å². The topological polar surface area (TPSA) is 79.7 Å². The molecule has 32 heavy (non-hydrogen) atoms. The summed E-state index contributed by atoms with van der Waals surface area (Å²) >= 11 is 6.01. The van der Waals surface area contributed by atoms with E-state index in [1.807, 2.05) is 13.8 Å². The Hall–Kier alpha value is -3.64. The maximum Gasteiger partial charge on any atom is 0.300 e. The third-order valence-electron chi connectivity index (χ3n) is 5.51. The number of pyridine rings is 1. The van der Waals surface area contributed by atoms with Crippen LogP contribution in [-0.4, -0.2) is 28.9 Å². The highest BCUT2D eigenvalue weighted by molar-refractivity contribution is 6.51. The fourth-order valence-electron chi connectivity index (χ4n) is 3.93. The minimum absolute atomic E-state index is 0.0173. The molecule has 1 saturated heterocycles. The molecule has 1 aliphatic rings. The first-order valence-corrected chi connectivity index (χ1v) is 10.3. The molecule has 0 saturated carbocycles. The number of carbonyl (C=O) groups is 2. The Balaban J connectivity index is 1.96. The highest BCUT2D eigenvalue weighted by Crippen LogP contribution is 2.42. The Bertz CT molecular complexity index is 1240. The molecule has 2 aromatic carbocycles. The lowest BCUT2D eigenvalue weighted by Crippen LogP contribution is -2.29. The van der Waals surface area contributed by atoms with Gasteiger partial charge in [0.1, 0.15) is 17.6 Å². The number of rotatable bonds is 4. The first-order chi connectivity index (χ1) is 15.3. The van der Waals surface area contributed by atoms with E-state index in [4.69, 9.17) is 16.3 Å². The number of halogens is 1. The van der Waals surface area contributed by atoms with Crippen molar-refractivity contribution in [3.8, 4) is 5.75 Å². The molecule has 1 amide bonds. The number of hydrogen-bond donors (Lipinski definition) is 1. The summed E-state index contributed by atoms with van der Waals surface area (Å²) in [5, 5.41) is 11.8. The highest BCUT2D eigenvalue weighted by atomic mass is 35.5. The molecule has 3 aromatic rings. The van der Waals surface area contributed by atoms with Gasteiger partial charge in [-0.05, 0) is 73.5 Å². The first-order valence-electron chi connectivity index (χ1n) is 9.96. The molecule has 1 aliphatic heterocycles. The summed E-state index contributed by atoms with van der Waals surface area (Å²) in [6.45, 7) is 3.65. The van der Waals surface area contributed by atoms with Gasteiger partial charge in [0.2, 0.25) is 0 Å². The number of ketones is 1. The lowest BCUT2D eigenvalue weighted by Gasteiger charge is -2.24. The van der Waals surface area contributed by atoms with Gasteiger partial charge in [-0.3, -0.25) is 19.5 Å². The smallest absolute Gasteiger partial charge is 0.300 e. The number of methoxy groups -OCH3 is 1. The van der Waals surface area contributed by atoms with Crippen molar-refractivity contribution < 1.29 is 19.4 Å². The van der Waals surface area contributed by atoms with E-state index in [9.17, 15) is 14.7 Å². The molecule has 1 atom stereocenters. The monoisotopic (exact) mass is 448 g/mol. The number of amides is 1. The first kappa shape index (κ1) is 21.6. The summed E-state index contributed by atoms with van der Waals surface area (Å²) in [6, 6.07) is 14.5. The third kappa shape index (κ3) is 3.63. The molecule has 162 valence electrons. The van der Waals surface area contributed by atoms with E-state index >= 15 is 0 Å². The molecule has 2 heterocycles. The Kier molecular flexibility index (Phi) is 5.72. The van der Waals surface area contributed by atoms with E-state index < -0.39 is 17.7 Å². The maximum atomic E-state index is 13.2. The zero-order chi connectivity index (χ0) is 23.0. The van der Waals surface area contributed by atoms with Crippen LogP contribution < -0.4 is 9.64 Å². The van der Waals surface area contributed by atoms with Crippen molar-refractivity contribution in [2.75, 3.05) is 12.0 Å². The fourth-order valence-corrected chi connectivity index (χ4v) is 4.05. The summed E-state index contributed by atoms with van der Waals surface area (Å²) in [5.74, 6) is -1.10. The van der Waals surface area contributed by atoms with E-state index in [0.29, 0.717) is 33.3 Å². The number of nitrogens with zero attached hydrogens (tertiary/aromatic N) is 2. The average Bonchev–Trinajstić information content (AvgIpc) is 3.06. The molecule has 7 heteroatoms. The molecular formula is C25H21ClN2O4. The van der Waals surface area contributed by atoms with Gasteiger partial charge in [0, 0.05) is 22.5 Å². The molecule has 1 N–H and O–H groups in total. The number of carbonyl (C=O) groups excluding carboxylic acids is 2. The van der Waals surface area contributed by atoms with E-state index in [1.54, 1.807) is 67.9 Å². The van der Waals surface area contributed by atoms with Crippen LogP contribution in [0.2, 0.25) is 5.02 Å². The van der Waals surface area contributed by atoms with Crippen molar-refractivity contribution in [2.45, 2.75) is 19.9 Å². The standard InChI is InChI=1S/C25H21ClN2O4/c1-14-13-20(32-3)15(2)12-18(14)23(29)21-22(19-6-4-5-11-27-19)28(25(31)24(21)30)17-9-7-16(26)8-10-17/h4-13,22,29H,1-3H3/b23-21+. The van der Waals surface area contributed by atoms with Crippen LogP contribution >= 0.6 is 11.6 Å². The second kappa shape index (κ2) is 8.48. The molecule has 0 radical (unpaired) electrons. The van der Waals surface area contributed by atoms with E-state index in [0.717, 1.165) is 5.56 Å². The average molecular weight is 449 g/mol. The van der Waals surface area contributed by atoms with Crippen LogP contribution in [0.1, 0.15) is 28.4 Å². The zero-order valence-corrected chi connectivity index (χ0v) is 18.6. The van der Waals surface area contributed by atoms with Crippen LogP contribution in [0.25, 0.3) is 5.76 Å². The number of hydrogen-bond acceptors (Lipinski definition) is 5. The van der Waals surface area contributed by atoms with Crippen LogP contribution in [0.3, 0.4) is 0 Å². The lowest BCUT2D eigenvalue weighted by atomic mass is 9.95. The molecule has 0 bridgehead atoms. The quantitative estimate of drug-likeness (QED) is 0.345. The summed E-state index contributed by atoms with van der Waals surface area (Å²) in [4.78, 5) is 32.0. The van der Waals surface area contributed by atoms with Gasteiger partial charge in [-0.2, -0.15) is 0 Å². The van der Waals surface area contributed by atoms with Crippen molar-refractivity contribution in [3.05, 3.63) is 93.8 Å². The van der Waals surface area contributed by atoms with Gasteiger partial charge in [0.05, 0.1) is 18.4 Å². The van der Waals surface area contributed by atoms with Gasteiger partial charge in [-0.15, -0.1) is 0 Å². The molecule has 0 spiro atoms. The zero-order valence-electron chi connectivity index (χ0n) is 17.8. The van der Waals surface area contributed by atoms with E-state index in [-0.39, 0.29) is 11.3 Å². The summed E-state index contributed by atoms with van der Waals surface area (Å²) in [5.41, 5.74) is 2.89. The van der Waals surface area contributed by atoms with Gasteiger partial charge < -0.3 is 9.84 Å². The molecule has 6 nitrogen and oxygen atoms in total. The summed E-state index contributed by atoms with van der Waals surface area (Å²) in [6.07, 6.45) is 1.58. The van der Waals surface area contributed by atoms with Crippen molar-refractivity contribution in [3.63, 3.8) is 0 Å². The molecule has 1 fully saturated rings. The second-order valence-corrected chi connectivity index (χ2v) is 7.97. The van der Waals surface area contributed by atoms with Gasteiger partial charge >= 0.3 is 0 Å². The Morgan fingerprint density at radius 3 is 2.41 bits per heavy atom. The van der Waals surface area contributed by atoms with Crippen LogP contribution in [0.4, 0.5) is 5.69 Å². The number of aromatic nitrogens is 1. The Labute approximate surface area is 190 Å². The molecular weight excluding hydrogens is 428 g/mol. The SMILES string of the molecule is COc1cc(C)c(/C(O)=C2\C(=O)C(=O)N(c3ccc(Cl)cc3)C2c2ccccn2)cc1C. The maximum absolute atomic E-state index is 13.2. The van der Waals surface area contributed by atoms with Gasteiger partial charge in [0.15, 0.2) is 0 Å². The summed E-state index contributed by atoms with van der Waals surface area (Å²) in [7, 11) is 1.57. The lowest BCUT2D eigenvalue weighted by molar-refractivity contribution is -0.132. The van der Waals surface area contributed by atoms with Crippen LogP contribution in [-0.2, 0) is 9.59 Å². The number of Topliss-reactive ketones (excluding diaryl/α,β-unsaturated/α-hetero) is 1. The number of aliphatic hydroxyl groups excluding tert-OH is 1. The van der Waals surface area contributed by atoms with E-state index in [2.05, 4.69) is 4.98 Å². The van der Waals surface area contributed by atoms with Crippen LogP contribution in [0, 0.1) is 13.8 Å². The van der Waals surface area contributed by atoms with Gasteiger partial charge in [0.25, 0.3) is 11.7 Å². The minimum Gasteiger partial charge on any atom is -0.507 e. The van der Waals surface area contributed by atoms with Crippen molar-refractivity contribution in [1.82, 2.24) is 4.98 Å². The predicted octanol–water partition coefficient (Wildman–Crippen LogP) is 4.99. The Morgan fingerprint density at radius 2 is 1.78 bits per heavy atom. The number of anilines is 1. The van der Waals surface area contributed by atoms with Crippen LogP contribution in [0.15, 0.2) is 66.4 Å². The molecule has 0 aliphatic carbocycles. The fraction of sp³-hybridized carbons (Fsp3) is 0.160. The van der Waals surface area contributed by atoms with Gasteiger partial charge in [-0.25, -0.2) is 0 Å². The number of aryl methyl sites for hydroxylation is 2. The highest BCUT2D eigenvalue weighted by Gasteiger charge is 2.47. The van der Waals surface area contributed by atoms with Crippen molar-refractivity contribution in [2.24, 2.45) is 0 Å².